The number of aromatic nitrogens is 6. The SMILES string of the molecule is O=C(O)C1CCc2nc(-c3ccccc3-n3cnnn3)cc(=O)n21. The molecule has 1 aromatic carbocycles. The molecule has 120 valence electrons. The molecule has 0 bridgehead atoms. The lowest BCUT2D eigenvalue weighted by molar-refractivity contribution is -0.140. The smallest absolute Gasteiger partial charge is 0.326 e. The maximum absolute atomic E-state index is 12.4. The molecule has 0 aliphatic carbocycles. The number of tetrazole rings is 1. The van der Waals surface area contributed by atoms with E-state index in [1.165, 1.54) is 21.6 Å². The molecule has 2 aromatic heterocycles. The predicted octanol–water partition coefficient (Wildman–Crippen LogP) is 0.458. The predicted molar refractivity (Wildman–Crippen MR) is 81.6 cm³/mol. The molecule has 9 nitrogen and oxygen atoms in total. The van der Waals surface area contributed by atoms with Gasteiger partial charge in [-0.15, -0.1) is 5.10 Å². The molecular weight excluding hydrogens is 312 g/mol. The Bertz CT molecular complexity index is 979. The minimum Gasteiger partial charge on any atom is -0.480 e. The maximum atomic E-state index is 12.4. The van der Waals surface area contributed by atoms with Crippen LogP contribution in [-0.4, -0.2) is 40.8 Å². The van der Waals surface area contributed by atoms with Crippen LogP contribution in [-0.2, 0) is 11.2 Å². The summed E-state index contributed by atoms with van der Waals surface area (Å²) < 4.78 is 2.74. The number of hydrogen-bond acceptors (Lipinski definition) is 6. The van der Waals surface area contributed by atoms with Crippen LogP contribution in [0, 0.1) is 0 Å². The van der Waals surface area contributed by atoms with Crippen LogP contribution in [0.3, 0.4) is 0 Å². The number of aryl methyl sites for hydroxylation is 1. The molecule has 9 heteroatoms. The number of fused-ring (bicyclic) bond motifs is 1. The summed E-state index contributed by atoms with van der Waals surface area (Å²) in [5.74, 6) is -0.532. The van der Waals surface area contributed by atoms with Crippen molar-refractivity contribution in [2.75, 3.05) is 0 Å². The topological polar surface area (TPSA) is 116 Å². The van der Waals surface area contributed by atoms with Crippen molar-refractivity contribution in [1.82, 2.24) is 29.8 Å². The minimum atomic E-state index is -1.01. The molecule has 0 saturated carbocycles. The van der Waals surface area contributed by atoms with E-state index >= 15 is 0 Å². The minimum absolute atomic E-state index is 0.369. The fourth-order valence-electron chi connectivity index (χ4n) is 2.98. The van der Waals surface area contributed by atoms with Gasteiger partial charge in [-0.2, -0.15) is 4.68 Å². The Kier molecular flexibility index (Phi) is 3.19. The molecule has 3 aromatic rings. The highest BCUT2D eigenvalue weighted by Gasteiger charge is 2.30. The van der Waals surface area contributed by atoms with Gasteiger partial charge in [-0.05, 0) is 22.9 Å². The molecule has 1 aliphatic rings. The van der Waals surface area contributed by atoms with E-state index in [2.05, 4.69) is 20.5 Å². The summed E-state index contributed by atoms with van der Waals surface area (Å²) in [4.78, 5) is 28.2. The highest BCUT2D eigenvalue weighted by Crippen LogP contribution is 2.27. The first-order chi connectivity index (χ1) is 11.6. The Morgan fingerprint density at radius 2 is 2.12 bits per heavy atom. The van der Waals surface area contributed by atoms with Crippen molar-refractivity contribution < 1.29 is 9.90 Å². The van der Waals surface area contributed by atoms with Gasteiger partial charge in [0.15, 0.2) is 0 Å². The highest BCUT2D eigenvalue weighted by atomic mass is 16.4. The van der Waals surface area contributed by atoms with Gasteiger partial charge >= 0.3 is 5.97 Å². The zero-order valence-electron chi connectivity index (χ0n) is 12.4. The quantitative estimate of drug-likeness (QED) is 0.744. The fraction of sp³-hybridized carbons (Fsp3) is 0.200. The van der Waals surface area contributed by atoms with E-state index < -0.39 is 12.0 Å². The van der Waals surface area contributed by atoms with Crippen molar-refractivity contribution in [1.29, 1.82) is 0 Å². The molecule has 24 heavy (non-hydrogen) atoms. The number of aliphatic carboxylic acids is 1. The van der Waals surface area contributed by atoms with Crippen molar-refractivity contribution in [3.63, 3.8) is 0 Å². The molecule has 1 atom stereocenters. The number of para-hydroxylation sites is 1. The summed E-state index contributed by atoms with van der Waals surface area (Å²) in [5, 5.41) is 20.3. The molecule has 4 rings (SSSR count). The van der Waals surface area contributed by atoms with Gasteiger partial charge in [0.05, 0.1) is 11.4 Å². The molecule has 0 fully saturated rings. The number of carboxylic acid groups (broad SMARTS) is 1. The number of nitrogens with zero attached hydrogens (tertiary/aromatic N) is 6. The van der Waals surface area contributed by atoms with Crippen LogP contribution in [0.1, 0.15) is 18.3 Å². The van der Waals surface area contributed by atoms with E-state index in [9.17, 15) is 14.7 Å². The molecule has 0 radical (unpaired) electrons. The number of carbonyl (C=O) groups is 1. The molecule has 1 unspecified atom stereocenters. The van der Waals surface area contributed by atoms with Gasteiger partial charge in [0.2, 0.25) is 0 Å². The van der Waals surface area contributed by atoms with Gasteiger partial charge in [0.1, 0.15) is 18.2 Å². The van der Waals surface area contributed by atoms with Crippen LogP contribution in [0.5, 0.6) is 0 Å². The second-order valence-corrected chi connectivity index (χ2v) is 5.43. The highest BCUT2D eigenvalue weighted by molar-refractivity contribution is 5.73. The summed E-state index contributed by atoms with van der Waals surface area (Å²) in [7, 11) is 0. The number of benzene rings is 1. The second kappa shape index (κ2) is 5.37. The Morgan fingerprint density at radius 3 is 2.88 bits per heavy atom. The monoisotopic (exact) mass is 324 g/mol. The molecule has 3 heterocycles. The molecule has 0 spiro atoms. The van der Waals surface area contributed by atoms with E-state index in [4.69, 9.17) is 0 Å². The second-order valence-electron chi connectivity index (χ2n) is 5.43. The average molecular weight is 324 g/mol. The van der Waals surface area contributed by atoms with Crippen LogP contribution in [0.15, 0.2) is 41.5 Å². The van der Waals surface area contributed by atoms with Gasteiger partial charge in [-0.3, -0.25) is 9.36 Å². The number of rotatable bonds is 3. The van der Waals surface area contributed by atoms with Gasteiger partial charge in [0.25, 0.3) is 5.56 Å². The summed E-state index contributed by atoms with van der Waals surface area (Å²) in [6, 6.07) is 7.81. The lowest BCUT2D eigenvalue weighted by Gasteiger charge is -2.12. The lowest BCUT2D eigenvalue weighted by atomic mass is 10.1. The Morgan fingerprint density at radius 1 is 1.29 bits per heavy atom. The lowest BCUT2D eigenvalue weighted by Crippen LogP contribution is -2.28. The molecular formula is C15H12N6O3. The van der Waals surface area contributed by atoms with E-state index in [0.717, 1.165) is 0 Å². The van der Waals surface area contributed by atoms with Gasteiger partial charge in [-0.1, -0.05) is 18.2 Å². The third-order valence-corrected chi connectivity index (χ3v) is 4.04. The summed E-state index contributed by atoms with van der Waals surface area (Å²) in [6.45, 7) is 0. The molecule has 0 amide bonds. The maximum Gasteiger partial charge on any atom is 0.326 e. The summed E-state index contributed by atoms with van der Waals surface area (Å²) in [5.41, 5.74) is 1.49. The molecule has 0 saturated heterocycles. The standard InChI is InChI=1S/C15H12N6O3/c22-14-7-10(17-13-6-5-12(15(23)24)21(13)14)9-3-1-2-4-11(9)20-8-16-18-19-20/h1-4,7-8,12H,5-6H2,(H,23,24). The van der Waals surface area contributed by atoms with Crippen molar-refractivity contribution >= 4 is 5.97 Å². The first-order valence-corrected chi connectivity index (χ1v) is 7.33. The van der Waals surface area contributed by atoms with E-state index in [1.54, 1.807) is 0 Å². The first-order valence-electron chi connectivity index (χ1n) is 7.33. The molecule has 1 aliphatic heterocycles. The Balaban J connectivity index is 1.88. The van der Waals surface area contributed by atoms with Crippen molar-refractivity contribution in [3.8, 4) is 16.9 Å². The number of hydrogen-bond donors (Lipinski definition) is 1. The van der Waals surface area contributed by atoms with E-state index in [1.807, 2.05) is 24.3 Å². The van der Waals surface area contributed by atoms with Crippen molar-refractivity contribution in [2.24, 2.45) is 0 Å². The largest absolute Gasteiger partial charge is 0.480 e. The average Bonchev–Trinajstić information content (AvgIpc) is 3.24. The van der Waals surface area contributed by atoms with Crippen LogP contribution >= 0.6 is 0 Å². The molecule has 1 N–H and O–H groups in total. The van der Waals surface area contributed by atoms with Crippen molar-refractivity contribution in [2.45, 2.75) is 18.9 Å². The van der Waals surface area contributed by atoms with E-state index in [0.29, 0.717) is 35.6 Å². The van der Waals surface area contributed by atoms with Crippen LogP contribution in [0.25, 0.3) is 16.9 Å². The Hall–Kier alpha value is -3.36. The third-order valence-electron chi connectivity index (χ3n) is 4.04. The van der Waals surface area contributed by atoms with Crippen LogP contribution < -0.4 is 5.56 Å². The van der Waals surface area contributed by atoms with E-state index in [-0.39, 0.29) is 5.56 Å². The van der Waals surface area contributed by atoms with Gasteiger partial charge in [0, 0.05) is 18.1 Å². The van der Waals surface area contributed by atoms with Crippen molar-refractivity contribution in [3.05, 3.63) is 52.8 Å². The Labute approximate surface area is 135 Å². The van der Waals surface area contributed by atoms with Gasteiger partial charge < -0.3 is 5.11 Å². The van der Waals surface area contributed by atoms with Crippen LogP contribution in [0.2, 0.25) is 0 Å². The summed E-state index contributed by atoms with van der Waals surface area (Å²) in [6.07, 6.45) is 2.28. The fourth-order valence-corrected chi connectivity index (χ4v) is 2.98. The first kappa shape index (κ1) is 14.2. The zero-order chi connectivity index (χ0) is 16.7. The van der Waals surface area contributed by atoms with Crippen LogP contribution in [0.4, 0.5) is 0 Å². The number of carboxylic acids is 1. The summed E-state index contributed by atoms with van der Waals surface area (Å²) >= 11 is 0. The normalized spacial score (nSPS) is 16.1. The zero-order valence-corrected chi connectivity index (χ0v) is 12.4. The van der Waals surface area contributed by atoms with Gasteiger partial charge in [-0.25, -0.2) is 9.78 Å². The third kappa shape index (κ3) is 2.18.